The number of carbonyl (C=O) groups is 1. The van der Waals surface area contributed by atoms with Gasteiger partial charge in [0.25, 0.3) is 11.8 Å². The van der Waals surface area contributed by atoms with Crippen molar-refractivity contribution in [2.75, 3.05) is 12.4 Å². The number of carbonyl (C=O) groups excluding carboxylic acids is 1. The molecule has 2 aromatic carbocycles. The minimum absolute atomic E-state index is 0.213. The molecule has 1 amide bonds. The molecule has 0 fully saturated rings. The van der Waals surface area contributed by atoms with Gasteiger partial charge in [-0.1, -0.05) is 24.3 Å². The zero-order valence-corrected chi connectivity index (χ0v) is 16.4. The number of primary amides is 1. The van der Waals surface area contributed by atoms with Crippen LogP contribution in [0.3, 0.4) is 0 Å². The smallest absolute Gasteiger partial charge is 0.276 e. The monoisotopic (exact) mass is 406 g/mol. The van der Waals surface area contributed by atoms with Crippen molar-refractivity contribution < 1.29 is 13.9 Å². The first kappa shape index (κ1) is 19.3. The highest BCUT2D eigenvalue weighted by Crippen LogP contribution is 2.33. The summed E-state index contributed by atoms with van der Waals surface area (Å²) >= 11 is 0. The van der Waals surface area contributed by atoms with E-state index < -0.39 is 5.91 Å². The van der Waals surface area contributed by atoms with Gasteiger partial charge in [-0.2, -0.15) is 0 Å². The number of benzene rings is 2. The van der Waals surface area contributed by atoms with Crippen LogP contribution in [0.1, 0.15) is 21.6 Å². The largest absolute Gasteiger partial charge is 0.477 e. The van der Waals surface area contributed by atoms with E-state index in [1.165, 1.54) is 19.2 Å². The van der Waals surface area contributed by atoms with Gasteiger partial charge in [-0.25, -0.2) is 9.37 Å². The molecule has 2 aromatic heterocycles. The number of anilines is 1. The fraction of sp³-hybridized carbons (Fsp3) is 0.143. The van der Waals surface area contributed by atoms with E-state index in [0.717, 1.165) is 16.6 Å². The lowest BCUT2D eigenvalue weighted by atomic mass is 10.1. The van der Waals surface area contributed by atoms with Crippen LogP contribution in [0, 0.1) is 12.7 Å². The standard InChI is InChI=1S/C21H19FN6O2/c1-11-16(14-7-4-8-15(18(23)29)17(14)25-11)19-26-20(21(30-2)28-27-19)24-10-12-5-3-6-13(22)9-12/h3-9,25H,10H2,1-2H3,(H2,23,29)(H,24,26,27). The van der Waals surface area contributed by atoms with Crippen LogP contribution in [0.25, 0.3) is 22.3 Å². The molecular formula is C21H19FN6O2. The number of H-pyrrole nitrogens is 1. The molecule has 0 saturated heterocycles. The Balaban J connectivity index is 1.75. The molecule has 2 heterocycles. The number of nitrogens with two attached hydrogens (primary N) is 1. The van der Waals surface area contributed by atoms with Crippen LogP contribution in [-0.4, -0.2) is 33.2 Å². The van der Waals surface area contributed by atoms with Gasteiger partial charge in [-0.05, 0) is 30.7 Å². The number of aromatic amines is 1. The maximum Gasteiger partial charge on any atom is 0.276 e. The van der Waals surface area contributed by atoms with E-state index in [-0.39, 0.29) is 11.7 Å². The van der Waals surface area contributed by atoms with Gasteiger partial charge in [0.2, 0.25) is 0 Å². The summed E-state index contributed by atoms with van der Waals surface area (Å²) in [5, 5.41) is 12.2. The highest BCUT2D eigenvalue weighted by Gasteiger charge is 2.19. The summed E-state index contributed by atoms with van der Waals surface area (Å²) in [4.78, 5) is 19.5. The van der Waals surface area contributed by atoms with E-state index in [9.17, 15) is 9.18 Å². The maximum absolute atomic E-state index is 13.4. The third kappa shape index (κ3) is 3.52. The summed E-state index contributed by atoms with van der Waals surface area (Å²) < 4.78 is 18.7. The van der Waals surface area contributed by atoms with E-state index in [1.807, 2.05) is 13.0 Å². The molecule has 0 aliphatic rings. The Hall–Kier alpha value is -4.01. The molecule has 4 rings (SSSR count). The predicted molar refractivity (Wildman–Crippen MR) is 111 cm³/mol. The molecule has 0 spiro atoms. The van der Waals surface area contributed by atoms with Crippen molar-refractivity contribution in [2.24, 2.45) is 5.73 Å². The molecule has 0 unspecified atom stereocenters. The summed E-state index contributed by atoms with van der Waals surface area (Å²) in [5.74, 6) is 0.0852. The third-order valence-electron chi connectivity index (χ3n) is 4.71. The molecule has 0 saturated carbocycles. The number of nitrogens with one attached hydrogen (secondary N) is 2. The maximum atomic E-state index is 13.4. The Morgan fingerprint density at radius 1 is 1.23 bits per heavy atom. The lowest BCUT2D eigenvalue weighted by Crippen LogP contribution is -2.11. The van der Waals surface area contributed by atoms with Gasteiger partial charge < -0.3 is 20.8 Å². The number of aryl methyl sites for hydroxylation is 1. The van der Waals surface area contributed by atoms with Crippen molar-refractivity contribution in [1.29, 1.82) is 0 Å². The molecule has 4 N–H and O–H groups in total. The van der Waals surface area contributed by atoms with E-state index in [2.05, 4.69) is 25.5 Å². The number of hydrogen-bond acceptors (Lipinski definition) is 6. The van der Waals surface area contributed by atoms with Gasteiger partial charge in [0.05, 0.1) is 18.2 Å². The van der Waals surface area contributed by atoms with Gasteiger partial charge >= 0.3 is 0 Å². The molecule has 0 bridgehead atoms. The first-order valence-electron chi connectivity index (χ1n) is 9.16. The van der Waals surface area contributed by atoms with Crippen LogP contribution in [0.2, 0.25) is 0 Å². The van der Waals surface area contributed by atoms with Crippen LogP contribution in [-0.2, 0) is 6.54 Å². The van der Waals surface area contributed by atoms with E-state index >= 15 is 0 Å². The van der Waals surface area contributed by atoms with Crippen LogP contribution in [0.5, 0.6) is 5.88 Å². The van der Waals surface area contributed by atoms with Crippen LogP contribution in [0.15, 0.2) is 42.5 Å². The number of halogens is 1. The van der Waals surface area contributed by atoms with Crippen LogP contribution >= 0.6 is 0 Å². The Morgan fingerprint density at radius 2 is 2.03 bits per heavy atom. The van der Waals surface area contributed by atoms with Crippen molar-refractivity contribution >= 4 is 22.6 Å². The number of fused-ring (bicyclic) bond motifs is 1. The topological polar surface area (TPSA) is 119 Å². The van der Waals surface area contributed by atoms with Crippen molar-refractivity contribution in [3.05, 3.63) is 65.1 Å². The van der Waals surface area contributed by atoms with Crippen molar-refractivity contribution in [1.82, 2.24) is 20.2 Å². The summed E-state index contributed by atoms with van der Waals surface area (Å²) in [6.07, 6.45) is 0. The van der Waals surface area contributed by atoms with E-state index in [1.54, 1.807) is 24.3 Å². The van der Waals surface area contributed by atoms with Gasteiger partial charge in [0.1, 0.15) is 5.82 Å². The third-order valence-corrected chi connectivity index (χ3v) is 4.71. The number of para-hydroxylation sites is 1. The fourth-order valence-corrected chi connectivity index (χ4v) is 3.35. The van der Waals surface area contributed by atoms with Crippen LogP contribution < -0.4 is 15.8 Å². The highest BCUT2D eigenvalue weighted by molar-refractivity contribution is 6.09. The zero-order valence-electron chi connectivity index (χ0n) is 16.4. The molecule has 0 radical (unpaired) electrons. The first-order valence-corrected chi connectivity index (χ1v) is 9.16. The number of nitrogens with zero attached hydrogens (tertiary/aromatic N) is 3. The molecule has 8 nitrogen and oxygen atoms in total. The molecule has 152 valence electrons. The molecule has 0 atom stereocenters. The summed E-state index contributed by atoms with van der Waals surface area (Å²) in [6, 6.07) is 11.5. The molecule has 9 heteroatoms. The Kier molecular flexibility index (Phi) is 5.01. The van der Waals surface area contributed by atoms with Gasteiger partial charge in [0, 0.05) is 23.2 Å². The number of aromatic nitrogens is 4. The van der Waals surface area contributed by atoms with Gasteiger partial charge in [-0.15, -0.1) is 10.2 Å². The first-order chi connectivity index (χ1) is 14.5. The molecule has 0 aliphatic carbocycles. The Labute approximate surface area is 171 Å². The Morgan fingerprint density at radius 3 is 2.77 bits per heavy atom. The number of amides is 1. The van der Waals surface area contributed by atoms with Gasteiger partial charge in [0.15, 0.2) is 11.6 Å². The van der Waals surface area contributed by atoms with Crippen molar-refractivity contribution in [2.45, 2.75) is 13.5 Å². The van der Waals surface area contributed by atoms with Crippen LogP contribution in [0.4, 0.5) is 10.2 Å². The quantitative estimate of drug-likeness (QED) is 0.452. The van der Waals surface area contributed by atoms with Gasteiger partial charge in [-0.3, -0.25) is 4.79 Å². The van der Waals surface area contributed by atoms with E-state index in [0.29, 0.717) is 34.8 Å². The molecule has 30 heavy (non-hydrogen) atoms. The SMILES string of the molecule is COc1nnc(-c2c(C)[nH]c3c(C(N)=O)cccc23)nc1NCc1cccc(F)c1. The second-order valence-corrected chi connectivity index (χ2v) is 6.69. The molecular weight excluding hydrogens is 387 g/mol. The predicted octanol–water partition coefficient (Wildman–Crippen LogP) is 3.19. The lowest BCUT2D eigenvalue weighted by Gasteiger charge is -2.10. The number of rotatable bonds is 6. The highest BCUT2D eigenvalue weighted by atomic mass is 19.1. The van der Waals surface area contributed by atoms with Crippen molar-refractivity contribution in [3.63, 3.8) is 0 Å². The summed E-state index contributed by atoms with van der Waals surface area (Å²) in [7, 11) is 1.47. The molecule has 0 aliphatic heterocycles. The number of ether oxygens (including phenoxy) is 1. The normalized spacial score (nSPS) is 10.9. The van der Waals surface area contributed by atoms with E-state index in [4.69, 9.17) is 10.5 Å². The number of hydrogen-bond donors (Lipinski definition) is 3. The minimum Gasteiger partial charge on any atom is -0.477 e. The second kappa shape index (κ2) is 7.78. The second-order valence-electron chi connectivity index (χ2n) is 6.69. The fourth-order valence-electron chi connectivity index (χ4n) is 3.35. The summed E-state index contributed by atoms with van der Waals surface area (Å²) in [6.45, 7) is 2.18. The Bertz CT molecular complexity index is 1250. The average Bonchev–Trinajstić information content (AvgIpc) is 3.07. The zero-order chi connectivity index (χ0) is 21.3. The number of methoxy groups -OCH3 is 1. The lowest BCUT2D eigenvalue weighted by molar-refractivity contribution is 0.100. The average molecular weight is 406 g/mol. The molecule has 4 aromatic rings. The summed E-state index contributed by atoms with van der Waals surface area (Å²) in [5.41, 5.74) is 8.70. The minimum atomic E-state index is -0.528. The van der Waals surface area contributed by atoms with Crippen molar-refractivity contribution in [3.8, 4) is 17.3 Å².